The summed E-state index contributed by atoms with van der Waals surface area (Å²) < 4.78 is 6.48. The summed E-state index contributed by atoms with van der Waals surface area (Å²) in [5, 5.41) is 14.6. The van der Waals surface area contributed by atoms with Crippen LogP contribution in [0.1, 0.15) is 37.5 Å². The maximum absolute atomic E-state index is 11.1. The fraction of sp³-hybridized carbons (Fsp3) is 0.294. The fourth-order valence-corrected chi connectivity index (χ4v) is 6.25. The van der Waals surface area contributed by atoms with Crippen molar-refractivity contribution in [2.75, 3.05) is 17.6 Å². The number of phenols is 1. The molecule has 0 spiro atoms. The second-order valence-corrected chi connectivity index (χ2v) is 17.6. The van der Waals surface area contributed by atoms with E-state index >= 15 is 0 Å². The Balaban J connectivity index is 1.33. The molecule has 0 unspecified atom stereocenters. The summed E-state index contributed by atoms with van der Waals surface area (Å²) in [7, 11) is -1.95. The number of anilines is 2. The van der Waals surface area contributed by atoms with E-state index in [4.69, 9.17) is 10.2 Å². The molecule has 0 atom stereocenters. The van der Waals surface area contributed by atoms with E-state index in [0.717, 1.165) is 28.9 Å². The Morgan fingerprint density at radius 3 is 2.13 bits per heavy atom. The maximum Gasteiger partial charge on any atom is 0.250 e. The zero-order chi connectivity index (χ0) is 33.2. The highest BCUT2D eigenvalue weighted by molar-refractivity contribution is 6.74. The molecule has 4 heterocycles. The maximum atomic E-state index is 11.1. The first-order chi connectivity index (χ1) is 22.5. The van der Waals surface area contributed by atoms with Gasteiger partial charge in [0.2, 0.25) is 8.32 Å². The first kappa shape index (κ1) is 31.7. The second-order valence-electron chi connectivity index (χ2n) is 12.9. The zero-order valence-electron chi connectivity index (χ0n) is 27.2. The summed E-state index contributed by atoms with van der Waals surface area (Å²) in [6.07, 6.45) is 11.2. The molecule has 0 bridgehead atoms. The lowest BCUT2D eigenvalue weighted by Gasteiger charge is -2.36. The lowest BCUT2D eigenvalue weighted by Crippen LogP contribution is -2.43. The molecule has 0 amide bonds. The number of nitrogens with zero attached hydrogens (tertiary/aromatic N) is 8. The Bertz CT molecular complexity index is 2040. The van der Waals surface area contributed by atoms with Crippen LogP contribution in [-0.4, -0.2) is 59.8 Å². The highest BCUT2D eigenvalue weighted by atomic mass is 28.4. The fourth-order valence-electron chi connectivity index (χ4n) is 5.22. The third kappa shape index (κ3) is 6.65. The van der Waals surface area contributed by atoms with Gasteiger partial charge in [-0.2, -0.15) is 0 Å². The standard InChI is InChI=1S/C34H38N10O2Si/c1-34(2,3)47(4,5)46-23-10-7-21(8-11-23)6-9-22-18-25(45)27(35)26(28-29-31(42-19-41-28)39-16-14-36-29)24(22)12-13-38-32-30-33(44-20-43-32)40-17-15-37-30/h7-8,10-11,14-20,45H,6,9,12-13,35H2,1-5H3,(H,38,40,43,44). The second kappa shape index (κ2) is 12.8. The number of aromatic nitrogens is 8. The van der Waals surface area contributed by atoms with Crippen molar-refractivity contribution in [2.24, 2.45) is 0 Å². The van der Waals surface area contributed by atoms with Crippen molar-refractivity contribution in [1.29, 1.82) is 0 Å². The average Bonchev–Trinajstić information content (AvgIpc) is 3.05. The molecular weight excluding hydrogens is 609 g/mol. The molecule has 0 fully saturated rings. The number of phenolic OH excluding ortho intramolecular Hbond substituents is 1. The largest absolute Gasteiger partial charge is 0.544 e. The summed E-state index contributed by atoms with van der Waals surface area (Å²) in [6, 6.07) is 10.1. The van der Waals surface area contributed by atoms with Crippen molar-refractivity contribution in [3.8, 4) is 22.8 Å². The first-order valence-corrected chi connectivity index (χ1v) is 18.4. The van der Waals surface area contributed by atoms with Crippen LogP contribution in [0.5, 0.6) is 11.5 Å². The van der Waals surface area contributed by atoms with Crippen molar-refractivity contribution in [3.05, 3.63) is 84.5 Å². The van der Waals surface area contributed by atoms with Crippen LogP contribution in [0.4, 0.5) is 11.5 Å². The van der Waals surface area contributed by atoms with Gasteiger partial charge in [-0.05, 0) is 72.3 Å². The number of hydrogen-bond acceptors (Lipinski definition) is 12. The van der Waals surface area contributed by atoms with Crippen molar-refractivity contribution in [1.82, 2.24) is 39.9 Å². The number of nitrogen functional groups attached to an aromatic ring is 1. The van der Waals surface area contributed by atoms with E-state index in [1.807, 2.05) is 12.1 Å². The monoisotopic (exact) mass is 646 g/mol. The normalized spacial score (nSPS) is 12.0. The molecule has 0 radical (unpaired) electrons. The summed E-state index contributed by atoms with van der Waals surface area (Å²) in [6.45, 7) is 11.7. The highest BCUT2D eigenvalue weighted by Crippen LogP contribution is 2.40. The molecule has 0 saturated heterocycles. The quantitative estimate of drug-likeness (QED) is 0.0911. The van der Waals surface area contributed by atoms with Crippen molar-refractivity contribution < 1.29 is 9.53 Å². The van der Waals surface area contributed by atoms with Crippen LogP contribution < -0.4 is 15.5 Å². The van der Waals surface area contributed by atoms with Crippen molar-refractivity contribution in [3.63, 3.8) is 0 Å². The van der Waals surface area contributed by atoms with Crippen molar-refractivity contribution >= 4 is 42.2 Å². The van der Waals surface area contributed by atoms with Crippen LogP contribution in [0.25, 0.3) is 33.6 Å². The molecule has 0 aliphatic rings. The number of hydrogen-bond donors (Lipinski definition) is 3. The SMILES string of the molecule is CC(C)(C)[Si](C)(C)Oc1ccc(CCc2cc(O)c(N)c(-c3ncnc4nccnc34)c2CCNc2ncnc3nccnc23)cc1. The van der Waals surface area contributed by atoms with Gasteiger partial charge in [0.15, 0.2) is 17.1 Å². The smallest absolute Gasteiger partial charge is 0.250 e. The highest BCUT2D eigenvalue weighted by Gasteiger charge is 2.38. The van der Waals surface area contributed by atoms with E-state index in [1.54, 1.807) is 30.9 Å². The van der Waals surface area contributed by atoms with Gasteiger partial charge in [0.1, 0.15) is 40.9 Å². The third-order valence-electron chi connectivity index (χ3n) is 8.78. The van der Waals surface area contributed by atoms with Crippen LogP contribution in [0.3, 0.4) is 0 Å². The molecule has 0 saturated carbocycles. The number of nitrogens with one attached hydrogen (secondary N) is 1. The molecule has 12 nitrogen and oxygen atoms in total. The van der Waals surface area contributed by atoms with E-state index in [-0.39, 0.29) is 16.5 Å². The molecule has 0 aliphatic heterocycles. The topological polar surface area (TPSA) is 171 Å². The number of nitrogens with two attached hydrogens (primary N) is 1. The van der Waals surface area contributed by atoms with Gasteiger partial charge in [0.25, 0.3) is 0 Å². The van der Waals surface area contributed by atoms with E-state index in [9.17, 15) is 5.11 Å². The summed E-state index contributed by atoms with van der Waals surface area (Å²) in [4.78, 5) is 35.0. The zero-order valence-corrected chi connectivity index (χ0v) is 28.2. The molecular formula is C34H38N10O2Si. The number of aryl methyl sites for hydroxylation is 2. The minimum Gasteiger partial charge on any atom is -0.544 e. The summed E-state index contributed by atoms with van der Waals surface area (Å²) in [5.74, 6) is 1.45. The molecule has 13 heteroatoms. The molecule has 4 N–H and O–H groups in total. The summed E-state index contributed by atoms with van der Waals surface area (Å²) >= 11 is 0. The van der Waals surface area contributed by atoms with Crippen LogP contribution in [-0.2, 0) is 19.3 Å². The van der Waals surface area contributed by atoms with Gasteiger partial charge >= 0.3 is 0 Å². The lowest BCUT2D eigenvalue weighted by molar-refractivity contribution is 0.477. The van der Waals surface area contributed by atoms with Gasteiger partial charge in [-0.1, -0.05) is 32.9 Å². The van der Waals surface area contributed by atoms with Crippen LogP contribution in [0, 0.1) is 0 Å². The minimum absolute atomic E-state index is 0.0162. The predicted octanol–water partition coefficient (Wildman–Crippen LogP) is 5.93. The number of benzene rings is 2. The van der Waals surface area contributed by atoms with E-state index in [2.05, 4.69) is 91.2 Å². The van der Waals surface area contributed by atoms with Crippen LogP contribution in [0.15, 0.2) is 67.8 Å². The van der Waals surface area contributed by atoms with E-state index in [0.29, 0.717) is 58.8 Å². The van der Waals surface area contributed by atoms with Gasteiger partial charge in [-0.15, -0.1) is 0 Å². The van der Waals surface area contributed by atoms with Crippen LogP contribution >= 0.6 is 0 Å². The molecule has 6 aromatic rings. The predicted molar refractivity (Wildman–Crippen MR) is 186 cm³/mol. The molecule has 240 valence electrons. The van der Waals surface area contributed by atoms with E-state index in [1.165, 1.54) is 12.7 Å². The molecule has 4 aromatic heterocycles. The molecule has 2 aromatic carbocycles. The van der Waals surface area contributed by atoms with Gasteiger partial charge < -0.3 is 20.6 Å². The lowest BCUT2D eigenvalue weighted by atomic mass is 9.90. The van der Waals surface area contributed by atoms with Gasteiger partial charge in [0, 0.05) is 36.9 Å². The third-order valence-corrected chi connectivity index (χ3v) is 13.1. The summed E-state index contributed by atoms with van der Waals surface area (Å²) in [5.41, 5.74) is 13.0. The van der Waals surface area contributed by atoms with Gasteiger partial charge in [-0.25, -0.2) is 39.9 Å². The average molecular weight is 647 g/mol. The number of rotatable bonds is 10. The van der Waals surface area contributed by atoms with Gasteiger partial charge in [0.05, 0.1) is 5.69 Å². The van der Waals surface area contributed by atoms with Gasteiger partial charge in [-0.3, -0.25) is 0 Å². The Hall–Kier alpha value is -5.30. The molecule has 47 heavy (non-hydrogen) atoms. The Morgan fingerprint density at radius 2 is 1.43 bits per heavy atom. The Kier molecular flexibility index (Phi) is 8.65. The number of fused-ring (bicyclic) bond motifs is 2. The van der Waals surface area contributed by atoms with Crippen molar-refractivity contribution in [2.45, 2.75) is 58.2 Å². The van der Waals surface area contributed by atoms with E-state index < -0.39 is 8.32 Å². The Labute approximate surface area is 274 Å². The minimum atomic E-state index is -1.95. The molecule has 6 rings (SSSR count). The first-order valence-electron chi connectivity index (χ1n) is 15.5. The van der Waals surface area contributed by atoms with Crippen LogP contribution in [0.2, 0.25) is 18.1 Å². The Morgan fingerprint density at radius 1 is 0.787 bits per heavy atom. The number of aromatic hydroxyl groups is 1. The molecule has 0 aliphatic carbocycles.